The Morgan fingerprint density at radius 1 is 1.40 bits per heavy atom. The Balaban J connectivity index is 2.66. The van der Waals surface area contributed by atoms with E-state index in [0.29, 0.717) is 0 Å². The summed E-state index contributed by atoms with van der Waals surface area (Å²) in [4.78, 5) is 17.3. The Morgan fingerprint density at radius 2 is 2.10 bits per heavy atom. The zero-order valence-corrected chi connectivity index (χ0v) is 14.6. The average molecular weight is 355 g/mol. The van der Waals surface area contributed by atoms with E-state index in [2.05, 4.69) is 44.5 Å². The van der Waals surface area contributed by atoms with Crippen LogP contribution >= 0.6 is 27.3 Å². The molecule has 1 aromatic heterocycles. The minimum Gasteiger partial charge on any atom is -0.316 e. The number of carbonyl (C=O) groups excluding carboxylic acids is 1. The number of aromatic nitrogens is 1. The molecule has 0 saturated heterocycles. The van der Waals surface area contributed by atoms with Gasteiger partial charge in [-0.2, -0.15) is 4.99 Å². The van der Waals surface area contributed by atoms with Gasteiger partial charge in [-0.05, 0) is 24.6 Å². The summed E-state index contributed by atoms with van der Waals surface area (Å²) in [5, 5.41) is 0. The molecule has 0 aliphatic rings. The minimum absolute atomic E-state index is 0.0759. The predicted octanol–water partition coefficient (Wildman–Crippen LogP) is 4.35. The molecule has 0 spiro atoms. The fourth-order valence-electron chi connectivity index (χ4n) is 1.83. The summed E-state index contributed by atoms with van der Waals surface area (Å²) in [5.41, 5.74) is 0.696. The molecule has 2 aromatic rings. The Kier molecular flexibility index (Phi) is 4.49. The SMILES string of the molecule is CCCn1c(=NC(=O)C(C)(C)C)sc2cc(Br)ccc21. The fraction of sp³-hybridized carbons (Fsp3) is 0.467. The van der Waals surface area contributed by atoms with Crippen molar-refractivity contribution in [3.8, 4) is 0 Å². The lowest BCUT2D eigenvalue weighted by Gasteiger charge is -2.11. The maximum absolute atomic E-state index is 12.2. The maximum Gasteiger partial charge on any atom is 0.253 e. The molecule has 0 saturated carbocycles. The fourth-order valence-corrected chi connectivity index (χ4v) is 3.43. The van der Waals surface area contributed by atoms with Crippen molar-refractivity contribution in [1.29, 1.82) is 0 Å². The van der Waals surface area contributed by atoms with Crippen molar-refractivity contribution in [2.45, 2.75) is 40.7 Å². The van der Waals surface area contributed by atoms with Gasteiger partial charge in [-0.15, -0.1) is 0 Å². The van der Waals surface area contributed by atoms with Gasteiger partial charge >= 0.3 is 0 Å². The summed E-state index contributed by atoms with van der Waals surface area (Å²) in [6.45, 7) is 8.69. The number of rotatable bonds is 2. The number of nitrogens with zero attached hydrogens (tertiary/aromatic N) is 2. The molecule has 5 heteroatoms. The van der Waals surface area contributed by atoms with E-state index >= 15 is 0 Å². The average Bonchev–Trinajstić information content (AvgIpc) is 2.66. The van der Waals surface area contributed by atoms with Crippen LogP contribution in [0.1, 0.15) is 34.1 Å². The van der Waals surface area contributed by atoms with Gasteiger partial charge in [-0.1, -0.05) is 55.0 Å². The number of halogens is 1. The topological polar surface area (TPSA) is 34.4 Å². The van der Waals surface area contributed by atoms with E-state index in [1.54, 1.807) is 11.3 Å². The Hall–Kier alpha value is -0.940. The molecular weight excluding hydrogens is 336 g/mol. The van der Waals surface area contributed by atoms with E-state index in [1.165, 1.54) is 0 Å². The van der Waals surface area contributed by atoms with Crippen molar-refractivity contribution in [2.75, 3.05) is 0 Å². The second kappa shape index (κ2) is 5.82. The lowest BCUT2D eigenvalue weighted by atomic mass is 9.96. The van der Waals surface area contributed by atoms with Crippen molar-refractivity contribution in [1.82, 2.24) is 4.57 Å². The third-order valence-corrected chi connectivity index (χ3v) is 4.47. The van der Waals surface area contributed by atoms with Crippen LogP contribution in [0.2, 0.25) is 0 Å². The van der Waals surface area contributed by atoms with Gasteiger partial charge in [-0.3, -0.25) is 4.79 Å². The van der Waals surface area contributed by atoms with E-state index in [0.717, 1.165) is 32.5 Å². The minimum atomic E-state index is -0.444. The molecule has 0 N–H and O–H groups in total. The van der Waals surface area contributed by atoms with Crippen LogP contribution in [0.15, 0.2) is 27.7 Å². The molecule has 0 bridgehead atoms. The van der Waals surface area contributed by atoms with Gasteiger partial charge in [-0.25, -0.2) is 0 Å². The molecule has 0 atom stereocenters. The lowest BCUT2D eigenvalue weighted by Crippen LogP contribution is -2.23. The number of amides is 1. The quantitative estimate of drug-likeness (QED) is 0.789. The van der Waals surface area contributed by atoms with Crippen LogP contribution < -0.4 is 4.80 Å². The number of fused-ring (bicyclic) bond motifs is 1. The maximum atomic E-state index is 12.2. The summed E-state index contributed by atoms with van der Waals surface area (Å²) >= 11 is 5.06. The molecule has 2 rings (SSSR count). The molecule has 20 heavy (non-hydrogen) atoms. The van der Waals surface area contributed by atoms with Crippen LogP contribution in [-0.4, -0.2) is 10.5 Å². The number of hydrogen-bond acceptors (Lipinski definition) is 2. The van der Waals surface area contributed by atoms with E-state index in [1.807, 2.05) is 26.8 Å². The molecule has 1 amide bonds. The molecule has 1 heterocycles. The Bertz CT molecular complexity index is 707. The predicted molar refractivity (Wildman–Crippen MR) is 87.8 cm³/mol. The van der Waals surface area contributed by atoms with Gasteiger partial charge in [0.15, 0.2) is 4.80 Å². The third-order valence-electron chi connectivity index (χ3n) is 2.93. The molecule has 0 aliphatic heterocycles. The van der Waals surface area contributed by atoms with Gasteiger partial charge in [0, 0.05) is 16.4 Å². The summed E-state index contributed by atoms with van der Waals surface area (Å²) in [6.07, 6.45) is 1.01. The van der Waals surface area contributed by atoms with Gasteiger partial charge in [0.1, 0.15) is 0 Å². The first kappa shape index (κ1) is 15.4. The summed E-state index contributed by atoms with van der Waals surface area (Å²) in [5.74, 6) is -0.0759. The first-order chi connectivity index (χ1) is 9.32. The van der Waals surface area contributed by atoms with Gasteiger partial charge in [0.05, 0.1) is 10.2 Å². The highest BCUT2D eigenvalue weighted by atomic mass is 79.9. The second-order valence-electron chi connectivity index (χ2n) is 5.82. The first-order valence-electron chi connectivity index (χ1n) is 6.71. The summed E-state index contributed by atoms with van der Waals surface area (Å²) in [6, 6.07) is 6.18. The van der Waals surface area contributed by atoms with Crippen LogP contribution in [0.3, 0.4) is 0 Å². The number of carbonyl (C=O) groups is 1. The lowest BCUT2D eigenvalue weighted by molar-refractivity contribution is -0.125. The Labute approximate surface area is 131 Å². The smallest absolute Gasteiger partial charge is 0.253 e. The highest BCUT2D eigenvalue weighted by Gasteiger charge is 2.21. The van der Waals surface area contributed by atoms with Crippen LogP contribution in [0.25, 0.3) is 10.2 Å². The zero-order valence-electron chi connectivity index (χ0n) is 12.2. The molecule has 1 aromatic carbocycles. The molecule has 108 valence electrons. The van der Waals surface area contributed by atoms with Crippen molar-refractivity contribution in [2.24, 2.45) is 10.4 Å². The largest absolute Gasteiger partial charge is 0.316 e. The first-order valence-corrected chi connectivity index (χ1v) is 8.32. The second-order valence-corrected chi connectivity index (χ2v) is 7.74. The Morgan fingerprint density at radius 3 is 2.70 bits per heavy atom. The van der Waals surface area contributed by atoms with Crippen LogP contribution in [0, 0.1) is 5.41 Å². The molecule has 3 nitrogen and oxygen atoms in total. The van der Waals surface area contributed by atoms with Gasteiger partial charge in [0.25, 0.3) is 5.91 Å². The molecule has 0 fully saturated rings. The number of aryl methyl sites for hydroxylation is 1. The van der Waals surface area contributed by atoms with Gasteiger partial charge < -0.3 is 4.57 Å². The summed E-state index contributed by atoms with van der Waals surface area (Å²) < 4.78 is 4.33. The third kappa shape index (κ3) is 3.20. The highest BCUT2D eigenvalue weighted by Crippen LogP contribution is 2.23. The number of benzene rings is 1. The van der Waals surface area contributed by atoms with Crippen LogP contribution in [0.5, 0.6) is 0 Å². The van der Waals surface area contributed by atoms with E-state index in [9.17, 15) is 4.79 Å². The summed E-state index contributed by atoms with van der Waals surface area (Å²) in [7, 11) is 0. The number of hydrogen-bond donors (Lipinski definition) is 0. The normalized spacial score (nSPS) is 13.2. The van der Waals surface area contributed by atoms with Gasteiger partial charge in [0.2, 0.25) is 0 Å². The molecule has 0 aliphatic carbocycles. The van der Waals surface area contributed by atoms with Crippen LogP contribution in [0.4, 0.5) is 0 Å². The van der Waals surface area contributed by atoms with E-state index in [-0.39, 0.29) is 5.91 Å². The standard InChI is InChI=1S/C15H19BrN2OS/c1-5-8-18-11-7-6-10(16)9-12(11)20-14(18)17-13(19)15(2,3)4/h6-7,9H,5,8H2,1-4H3. The van der Waals surface area contributed by atoms with Crippen molar-refractivity contribution < 1.29 is 4.79 Å². The van der Waals surface area contributed by atoms with Crippen molar-refractivity contribution >= 4 is 43.4 Å². The highest BCUT2D eigenvalue weighted by molar-refractivity contribution is 9.10. The van der Waals surface area contributed by atoms with E-state index in [4.69, 9.17) is 0 Å². The zero-order chi connectivity index (χ0) is 14.9. The molecular formula is C15H19BrN2OS. The van der Waals surface area contributed by atoms with Crippen LogP contribution in [-0.2, 0) is 11.3 Å². The molecule has 0 radical (unpaired) electrons. The van der Waals surface area contributed by atoms with Crippen molar-refractivity contribution in [3.63, 3.8) is 0 Å². The monoisotopic (exact) mass is 354 g/mol. The number of thiazole rings is 1. The van der Waals surface area contributed by atoms with E-state index < -0.39 is 5.41 Å². The van der Waals surface area contributed by atoms with Crippen molar-refractivity contribution in [3.05, 3.63) is 27.5 Å². The molecule has 0 unspecified atom stereocenters.